The van der Waals surface area contributed by atoms with Crippen LogP contribution >= 0.6 is 0 Å². The molecule has 6 heteroatoms. The van der Waals surface area contributed by atoms with Crippen molar-refractivity contribution in [2.45, 2.75) is 13.8 Å². The molecule has 1 aliphatic heterocycles. The van der Waals surface area contributed by atoms with Crippen LogP contribution in [0.5, 0.6) is 0 Å². The van der Waals surface area contributed by atoms with Gasteiger partial charge in [0.05, 0.1) is 11.4 Å². The van der Waals surface area contributed by atoms with Crippen molar-refractivity contribution < 1.29 is 4.79 Å². The van der Waals surface area contributed by atoms with E-state index in [4.69, 9.17) is 0 Å². The fraction of sp³-hybridized carbons (Fsp3) is 0.111. The first-order valence-electron chi connectivity index (χ1n) is 7.61. The van der Waals surface area contributed by atoms with Crippen LogP contribution in [0.15, 0.2) is 47.6 Å². The van der Waals surface area contributed by atoms with Crippen molar-refractivity contribution in [3.8, 4) is 0 Å². The third-order valence-corrected chi connectivity index (χ3v) is 3.87. The van der Waals surface area contributed by atoms with E-state index in [9.17, 15) is 4.79 Å². The maximum absolute atomic E-state index is 12.1. The summed E-state index contributed by atoms with van der Waals surface area (Å²) in [5.74, 6) is -0.215. The molecule has 2 aromatic heterocycles. The van der Waals surface area contributed by atoms with Crippen LogP contribution < -0.4 is 10.7 Å². The van der Waals surface area contributed by atoms with Gasteiger partial charge in [0.1, 0.15) is 0 Å². The standard InChI is InChI=1S/C18H15N5O/c1-10-7-8-13-15(9-11(2)20-17(13)19-10)22-23-16-12-5-3-4-6-14(12)21-18(16)24/h3-9H,1-2H3,(H,19,20,22)(H,21,23,24). The van der Waals surface area contributed by atoms with E-state index in [1.807, 2.05) is 56.3 Å². The molecule has 0 spiro atoms. The van der Waals surface area contributed by atoms with Gasteiger partial charge in [0, 0.05) is 22.3 Å². The molecule has 0 atom stereocenters. The van der Waals surface area contributed by atoms with Gasteiger partial charge in [0.2, 0.25) is 0 Å². The van der Waals surface area contributed by atoms with E-state index in [1.165, 1.54) is 0 Å². The van der Waals surface area contributed by atoms with E-state index in [-0.39, 0.29) is 5.91 Å². The third-order valence-electron chi connectivity index (χ3n) is 3.87. The minimum atomic E-state index is -0.215. The predicted molar refractivity (Wildman–Crippen MR) is 94.2 cm³/mol. The molecule has 0 bridgehead atoms. The molecule has 118 valence electrons. The lowest BCUT2D eigenvalue weighted by atomic mass is 10.1. The van der Waals surface area contributed by atoms with Gasteiger partial charge in [-0.25, -0.2) is 9.97 Å². The Bertz CT molecular complexity index is 1000. The molecular formula is C18H15N5O. The summed E-state index contributed by atoms with van der Waals surface area (Å²) in [4.78, 5) is 21.0. The van der Waals surface area contributed by atoms with Crippen molar-refractivity contribution in [3.63, 3.8) is 0 Å². The summed E-state index contributed by atoms with van der Waals surface area (Å²) in [6, 6.07) is 13.3. The molecule has 3 aromatic rings. The number of anilines is 2. The number of carbonyl (C=O) groups is 1. The van der Waals surface area contributed by atoms with Gasteiger partial charge in [-0.15, -0.1) is 0 Å². The van der Waals surface area contributed by atoms with Crippen LogP contribution in [0.25, 0.3) is 11.0 Å². The third kappa shape index (κ3) is 2.38. The number of nitrogens with zero attached hydrogens (tertiary/aromatic N) is 3. The Kier molecular flexibility index (Phi) is 3.23. The monoisotopic (exact) mass is 317 g/mol. The smallest absolute Gasteiger partial charge is 0.276 e. The van der Waals surface area contributed by atoms with Crippen molar-refractivity contribution in [2.24, 2.45) is 5.10 Å². The van der Waals surface area contributed by atoms with Gasteiger partial charge in [-0.3, -0.25) is 10.2 Å². The summed E-state index contributed by atoms with van der Waals surface area (Å²) >= 11 is 0. The van der Waals surface area contributed by atoms with Crippen molar-refractivity contribution in [1.82, 2.24) is 9.97 Å². The highest BCUT2D eigenvalue weighted by Gasteiger charge is 2.25. The molecule has 0 fully saturated rings. The van der Waals surface area contributed by atoms with E-state index in [0.29, 0.717) is 11.4 Å². The zero-order valence-corrected chi connectivity index (χ0v) is 13.3. The molecule has 1 amide bonds. The van der Waals surface area contributed by atoms with Crippen LogP contribution in [0.2, 0.25) is 0 Å². The lowest BCUT2D eigenvalue weighted by Crippen LogP contribution is -2.16. The summed E-state index contributed by atoms with van der Waals surface area (Å²) in [5.41, 5.74) is 8.11. The molecule has 1 aromatic carbocycles. The number of fused-ring (bicyclic) bond motifs is 2. The molecule has 0 saturated heterocycles. The van der Waals surface area contributed by atoms with Crippen LogP contribution in [-0.2, 0) is 4.79 Å². The SMILES string of the molecule is Cc1ccc2c(N/N=C3\C(=O)Nc4ccccc43)cc(C)nc2n1. The molecule has 6 nitrogen and oxygen atoms in total. The summed E-state index contributed by atoms with van der Waals surface area (Å²) in [7, 11) is 0. The highest BCUT2D eigenvalue weighted by molar-refractivity contribution is 6.53. The maximum atomic E-state index is 12.1. The number of pyridine rings is 2. The van der Waals surface area contributed by atoms with E-state index in [1.54, 1.807) is 0 Å². The van der Waals surface area contributed by atoms with Crippen molar-refractivity contribution in [3.05, 3.63) is 59.4 Å². The Hall–Kier alpha value is -3.28. The van der Waals surface area contributed by atoms with Gasteiger partial charge in [-0.2, -0.15) is 5.10 Å². The topological polar surface area (TPSA) is 79.3 Å². The average Bonchev–Trinajstić information content (AvgIpc) is 2.87. The second-order valence-corrected chi connectivity index (χ2v) is 5.71. The molecule has 1 aliphatic rings. The zero-order valence-electron chi connectivity index (χ0n) is 13.3. The van der Waals surface area contributed by atoms with Gasteiger partial charge in [-0.05, 0) is 38.1 Å². The Balaban J connectivity index is 1.77. The fourth-order valence-corrected chi connectivity index (χ4v) is 2.75. The molecular weight excluding hydrogens is 302 g/mol. The van der Waals surface area contributed by atoms with Crippen molar-refractivity contribution in [2.75, 3.05) is 10.7 Å². The van der Waals surface area contributed by atoms with Gasteiger partial charge < -0.3 is 5.32 Å². The summed E-state index contributed by atoms with van der Waals surface area (Å²) in [6.07, 6.45) is 0. The van der Waals surface area contributed by atoms with Gasteiger partial charge in [-0.1, -0.05) is 18.2 Å². The van der Waals surface area contributed by atoms with E-state index < -0.39 is 0 Å². The number of nitrogens with one attached hydrogen (secondary N) is 2. The van der Waals surface area contributed by atoms with Crippen LogP contribution in [0.4, 0.5) is 11.4 Å². The molecule has 4 rings (SSSR count). The molecule has 3 heterocycles. The predicted octanol–water partition coefficient (Wildman–Crippen LogP) is 3.01. The summed E-state index contributed by atoms with van der Waals surface area (Å²) in [6.45, 7) is 3.83. The zero-order chi connectivity index (χ0) is 16.7. The number of hydrazone groups is 1. The number of amides is 1. The quantitative estimate of drug-likeness (QED) is 0.712. The second kappa shape index (κ2) is 5.42. The number of hydrogen-bond acceptors (Lipinski definition) is 5. The first kappa shape index (κ1) is 14.3. The number of hydrogen-bond donors (Lipinski definition) is 2. The molecule has 0 unspecified atom stereocenters. The van der Waals surface area contributed by atoms with Crippen LogP contribution in [0, 0.1) is 13.8 Å². The first-order chi connectivity index (χ1) is 11.6. The minimum Gasteiger partial charge on any atom is -0.320 e. The largest absolute Gasteiger partial charge is 0.320 e. The number of benzene rings is 1. The van der Waals surface area contributed by atoms with Crippen LogP contribution in [0.3, 0.4) is 0 Å². The average molecular weight is 317 g/mol. The van der Waals surface area contributed by atoms with E-state index >= 15 is 0 Å². The summed E-state index contributed by atoms with van der Waals surface area (Å²) < 4.78 is 0. The Morgan fingerprint density at radius 1 is 1.04 bits per heavy atom. The number of rotatable bonds is 2. The Morgan fingerprint density at radius 3 is 2.71 bits per heavy atom. The second-order valence-electron chi connectivity index (χ2n) is 5.71. The number of para-hydroxylation sites is 1. The maximum Gasteiger partial charge on any atom is 0.276 e. The lowest BCUT2D eigenvalue weighted by Gasteiger charge is -2.07. The highest BCUT2D eigenvalue weighted by atomic mass is 16.2. The number of carbonyl (C=O) groups excluding carboxylic acids is 1. The normalized spacial score (nSPS) is 14.8. The lowest BCUT2D eigenvalue weighted by molar-refractivity contribution is -0.110. The fourth-order valence-electron chi connectivity index (χ4n) is 2.75. The Labute approximate surface area is 138 Å². The minimum absolute atomic E-state index is 0.215. The number of aromatic nitrogens is 2. The molecule has 24 heavy (non-hydrogen) atoms. The first-order valence-corrected chi connectivity index (χ1v) is 7.61. The van der Waals surface area contributed by atoms with Crippen molar-refractivity contribution in [1.29, 1.82) is 0 Å². The van der Waals surface area contributed by atoms with Crippen LogP contribution in [-0.4, -0.2) is 21.6 Å². The van der Waals surface area contributed by atoms with Gasteiger partial charge >= 0.3 is 0 Å². The van der Waals surface area contributed by atoms with Gasteiger partial charge in [0.15, 0.2) is 11.4 Å². The Morgan fingerprint density at radius 2 is 1.83 bits per heavy atom. The number of aryl methyl sites for hydroxylation is 2. The van der Waals surface area contributed by atoms with E-state index in [2.05, 4.69) is 25.8 Å². The van der Waals surface area contributed by atoms with Gasteiger partial charge in [0.25, 0.3) is 5.91 Å². The molecule has 2 N–H and O–H groups in total. The van der Waals surface area contributed by atoms with E-state index in [0.717, 1.165) is 33.7 Å². The molecule has 0 radical (unpaired) electrons. The molecule has 0 saturated carbocycles. The highest BCUT2D eigenvalue weighted by Crippen LogP contribution is 2.25. The molecule has 0 aliphatic carbocycles. The summed E-state index contributed by atoms with van der Waals surface area (Å²) in [5, 5.41) is 8.00. The van der Waals surface area contributed by atoms with Crippen LogP contribution in [0.1, 0.15) is 17.0 Å². The van der Waals surface area contributed by atoms with Crippen molar-refractivity contribution >= 4 is 34.0 Å².